The smallest absolute Gasteiger partial charge is 0.261 e. The van der Waals surface area contributed by atoms with Crippen LogP contribution in [0.5, 0.6) is 5.75 Å². The largest absolute Gasteiger partial charge is 0.484 e. The van der Waals surface area contributed by atoms with Crippen molar-refractivity contribution in [2.24, 2.45) is 0 Å². The lowest BCUT2D eigenvalue weighted by atomic mass is 10.0. The lowest BCUT2D eigenvalue weighted by Crippen LogP contribution is -2.53. The molecule has 0 fully saturated rings. The molecule has 0 aliphatic rings. The van der Waals surface area contributed by atoms with Crippen LogP contribution in [0.25, 0.3) is 0 Å². The van der Waals surface area contributed by atoms with E-state index in [1.807, 2.05) is 88.4 Å². The molecular formula is C30H34BrClN2O3. The van der Waals surface area contributed by atoms with Crippen LogP contribution in [0.4, 0.5) is 0 Å². The minimum Gasteiger partial charge on any atom is -0.484 e. The first-order chi connectivity index (χ1) is 17.7. The predicted octanol–water partition coefficient (Wildman–Crippen LogP) is 6.65. The van der Waals surface area contributed by atoms with E-state index in [-0.39, 0.29) is 31.0 Å². The van der Waals surface area contributed by atoms with Crippen LogP contribution in [0.2, 0.25) is 5.02 Å². The minimum atomic E-state index is -0.739. The Bertz CT molecular complexity index is 1200. The Morgan fingerprint density at radius 3 is 2.27 bits per heavy atom. The summed E-state index contributed by atoms with van der Waals surface area (Å²) in [7, 11) is 0. The van der Waals surface area contributed by atoms with Gasteiger partial charge in [0, 0.05) is 28.5 Å². The zero-order chi connectivity index (χ0) is 26.9. The number of amides is 2. The van der Waals surface area contributed by atoms with Gasteiger partial charge in [-0.3, -0.25) is 9.59 Å². The summed E-state index contributed by atoms with van der Waals surface area (Å²) in [5.41, 5.74) is 3.77. The lowest BCUT2D eigenvalue weighted by molar-refractivity contribution is -0.143. The molecule has 3 aromatic carbocycles. The van der Waals surface area contributed by atoms with Crippen molar-refractivity contribution < 1.29 is 14.3 Å². The molecule has 0 aliphatic heterocycles. The van der Waals surface area contributed by atoms with Crippen LogP contribution in [0.15, 0.2) is 71.2 Å². The van der Waals surface area contributed by atoms with Gasteiger partial charge in [0.05, 0.1) is 0 Å². The molecule has 0 saturated heterocycles. The van der Waals surface area contributed by atoms with Crippen molar-refractivity contribution in [3.05, 3.63) is 98.5 Å². The van der Waals surface area contributed by atoms with Crippen LogP contribution < -0.4 is 10.1 Å². The van der Waals surface area contributed by atoms with Crippen molar-refractivity contribution >= 4 is 39.3 Å². The van der Waals surface area contributed by atoms with Crippen molar-refractivity contribution in [2.45, 2.75) is 59.2 Å². The first-order valence-corrected chi connectivity index (χ1v) is 13.6. The molecule has 0 saturated carbocycles. The zero-order valence-electron chi connectivity index (χ0n) is 21.8. The van der Waals surface area contributed by atoms with Crippen molar-refractivity contribution in [1.82, 2.24) is 10.2 Å². The molecule has 0 aromatic heterocycles. The van der Waals surface area contributed by atoms with E-state index in [4.69, 9.17) is 16.3 Å². The van der Waals surface area contributed by atoms with E-state index in [9.17, 15) is 9.59 Å². The zero-order valence-corrected chi connectivity index (χ0v) is 24.1. The Morgan fingerprint density at radius 2 is 1.65 bits per heavy atom. The molecule has 7 heteroatoms. The van der Waals surface area contributed by atoms with E-state index >= 15 is 0 Å². The lowest BCUT2D eigenvalue weighted by Gasteiger charge is -2.32. The maximum absolute atomic E-state index is 13.7. The third kappa shape index (κ3) is 8.08. The van der Waals surface area contributed by atoms with Crippen molar-refractivity contribution in [3.63, 3.8) is 0 Å². The van der Waals surface area contributed by atoms with Crippen LogP contribution in [-0.4, -0.2) is 35.4 Å². The van der Waals surface area contributed by atoms with Gasteiger partial charge in [0.1, 0.15) is 11.8 Å². The highest BCUT2D eigenvalue weighted by atomic mass is 79.9. The van der Waals surface area contributed by atoms with Gasteiger partial charge in [0.25, 0.3) is 5.91 Å². The van der Waals surface area contributed by atoms with Gasteiger partial charge in [-0.1, -0.05) is 83.0 Å². The molecule has 37 heavy (non-hydrogen) atoms. The monoisotopic (exact) mass is 584 g/mol. The summed E-state index contributed by atoms with van der Waals surface area (Å²) in [6.45, 7) is 7.91. The summed E-state index contributed by atoms with van der Waals surface area (Å²) in [6.07, 6.45) is 1.16. The predicted molar refractivity (Wildman–Crippen MR) is 153 cm³/mol. The Morgan fingerprint density at radius 1 is 1.03 bits per heavy atom. The van der Waals surface area contributed by atoms with E-state index in [1.54, 1.807) is 11.0 Å². The highest BCUT2D eigenvalue weighted by Crippen LogP contribution is 2.27. The number of benzene rings is 3. The van der Waals surface area contributed by atoms with E-state index in [2.05, 4.69) is 21.2 Å². The second-order valence-electron chi connectivity index (χ2n) is 9.30. The van der Waals surface area contributed by atoms with E-state index in [1.165, 1.54) is 0 Å². The number of hydrogen-bond acceptors (Lipinski definition) is 3. The van der Waals surface area contributed by atoms with E-state index < -0.39 is 6.04 Å². The van der Waals surface area contributed by atoms with E-state index in [0.717, 1.165) is 33.1 Å². The number of rotatable bonds is 11. The normalized spacial score (nSPS) is 12.5. The second-order valence-corrected chi connectivity index (χ2v) is 10.5. The second kappa shape index (κ2) is 13.6. The number of nitrogens with zero attached hydrogens (tertiary/aromatic N) is 1. The number of halogens is 2. The molecule has 3 rings (SSSR count). The summed E-state index contributed by atoms with van der Waals surface area (Å²) in [4.78, 5) is 28.9. The van der Waals surface area contributed by atoms with Crippen LogP contribution in [-0.2, 0) is 22.6 Å². The molecule has 1 N–H and O–H groups in total. The average Bonchev–Trinajstić information content (AvgIpc) is 2.89. The summed E-state index contributed by atoms with van der Waals surface area (Å²) in [5.74, 6) is 0.111. The molecule has 0 bridgehead atoms. The van der Waals surface area contributed by atoms with Gasteiger partial charge in [-0.25, -0.2) is 0 Å². The molecule has 2 atom stereocenters. The Hall–Kier alpha value is -2.83. The fourth-order valence-corrected chi connectivity index (χ4v) is 4.45. The summed E-state index contributed by atoms with van der Waals surface area (Å²) < 4.78 is 6.95. The molecule has 0 unspecified atom stereocenters. The van der Waals surface area contributed by atoms with Gasteiger partial charge >= 0.3 is 0 Å². The van der Waals surface area contributed by atoms with Gasteiger partial charge in [-0.2, -0.15) is 0 Å². The van der Waals surface area contributed by atoms with Gasteiger partial charge in [0.15, 0.2) is 6.61 Å². The molecule has 196 valence electrons. The molecule has 3 aromatic rings. The average molecular weight is 586 g/mol. The van der Waals surface area contributed by atoms with Gasteiger partial charge < -0.3 is 15.0 Å². The number of nitrogens with one attached hydrogen (secondary N) is 1. The molecule has 0 aliphatic carbocycles. The first kappa shape index (κ1) is 28.7. The number of carbonyl (C=O) groups excluding carboxylic acids is 2. The standard InChI is InChI=1S/C30H34BrClN2O3/c1-5-22(4)33-30(36)27(17-23-11-7-6-8-12-23)34(18-24-13-9-10-14-26(24)32)28(35)19-37-25-15-20(2)29(31)21(3)16-25/h6-16,22,27H,5,17-19H2,1-4H3,(H,33,36)/t22-,27-/m0/s1. The fourth-order valence-electron chi connectivity index (χ4n) is 4.02. The molecule has 5 nitrogen and oxygen atoms in total. The van der Waals surface area contributed by atoms with Crippen molar-refractivity contribution in [3.8, 4) is 5.75 Å². The molecule has 0 spiro atoms. The Balaban J connectivity index is 1.94. The Labute approximate surface area is 233 Å². The number of carbonyl (C=O) groups is 2. The summed E-state index contributed by atoms with van der Waals surface area (Å²) in [5, 5.41) is 3.61. The fraction of sp³-hybridized carbons (Fsp3) is 0.333. The number of hydrogen-bond donors (Lipinski definition) is 1. The third-order valence-electron chi connectivity index (χ3n) is 6.34. The van der Waals surface area contributed by atoms with Gasteiger partial charge in [-0.05, 0) is 67.6 Å². The maximum Gasteiger partial charge on any atom is 0.261 e. The quantitative estimate of drug-likeness (QED) is 0.274. The summed E-state index contributed by atoms with van der Waals surface area (Å²) >= 11 is 10.0. The topological polar surface area (TPSA) is 58.6 Å². The molecule has 0 heterocycles. The first-order valence-electron chi connectivity index (χ1n) is 12.5. The Kier molecular flexibility index (Phi) is 10.6. The number of ether oxygens (including phenoxy) is 1. The van der Waals surface area contributed by atoms with Crippen molar-refractivity contribution in [2.75, 3.05) is 6.61 Å². The SMILES string of the molecule is CC[C@H](C)NC(=O)[C@H](Cc1ccccc1)N(Cc1ccccc1Cl)C(=O)COc1cc(C)c(Br)c(C)c1. The third-order valence-corrected chi connectivity index (χ3v) is 7.96. The van der Waals surface area contributed by atoms with Crippen LogP contribution in [0.3, 0.4) is 0 Å². The van der Waals surface area contributed by atoms with Crippen molar-refractivity contribution in [1.29, 1.82) is 0 Å². The van der Waals surface area contributed by atoms with Gasteiger partial charge in [0.2, 0.25) is 5.91 Å². The minimum absolute atomic E-state index is 0.0204. The van der Waals surface area contributed by atoms with Crippen LogP contribution in [0, 0.1) is 13.8 Å². The maximum atomic E-state index is 13.7. The highest BCUT2D eigenvalue weighted by molar-refractivity contribution is 9.10. The van der Waals surface area contributed by atoms with Crippen LogP contribution in [0.1, 0.15) is 42.5 Å². The van der Waals surface area contributed by atoms with E-state index in [0.29, 0.717) is 17.2 Å². The van der Waals surface area contributed by atoms with Gasteiger partial charge in [-0.15, -0.1) is 0 Å². The number of aryl methyl sites for hydroxylation is 2. The molecule has 0 radical (unpaired) electrons. The highest BCUT2D eigenvalue weighted by Gasteiger charge is 2.31. The summed E-state index contributed by atoms with van der Waals surface area (Å²) in [6, 6.07) is 20.1. The molecule has 2 amide bonds. The van der Waals surface area contributed by atoms with Crippen LogP contribution >= 0.6 is 27.5 Å². The molecular weight excluding hydrogens is 552 g/mol.